The number of fused-ring (bicyclic) bond motifs is 1. The molecule has 0 aliphatic carbocycles. The Labute approximate surface area is 105 Å². The second-order valence-corrected chi connectivity index (χ2v) is 4.57. The summed E-state index contributed by atoms with van der Waals surface area (Å²) in [5.41, 5.74) is 6.62. The topological polar surface area (TPSA) is 97.7 Å². The van der Waals surface area contributed by atoms with E-state index in [1.807, 2.05) is 4.57 Å². The molecule has 3 heterocycles. The highest BCUT2D eigenvalue weighted by Gasteiger charge is 2.30. The molecule has 0 saturated carbocycles. The average Bonchev–Trinajstić information content (AvgIpc) is 2.96. The van der Waals surface area contributed by atoms with Crippen LogP contribution in [0.25, 0.3) is 0 Å². The lowest BCUT2D eigenvalue weighted by molar-refractivity contribution is -0.00679. The summed E-state index contributed by atoms with van der Waals surface area (Å²) in [5, 5.41) is 11.8. The highest BCUT2D eigenvalue weighted by atomic mass is 16.5. The van der Waals surface area contributed by atoms with Crippen LogP contribution in [0, 0.1) is 0 Å². The number of ether oxygens (including phenoxy) is 1. The van der Waals surface area contributed by atoms with E-state index in [4.69, 9.17) is 15.6 Å². The molecule has 7 heteroatoms. The second-order valence-electron chi connectivity index (χ2n) is 4.57. The fraction of sp³-hybridized carbons (Fsp3) is 0.636. The number of nitrogens with two attached hydrogens (primary N) is 1. The van der Waals surface area contributed by atoms with Crippen molar-refractivity contribution < 1.29 is 9.84 Å². The Balaban J connectivity index is 1.80. The number of aliphatic hydroxyl groups is 1. The van der Waals surface area contributed by atoms with E-state index < -0.39 is 0 Å². The van der Waals surface area contributed by atoms with Crippen LogP contribution in [0.15, 0.2) is 11.3 Å². The molecule has 1 fully saturated rings. The first-order chi connectivity index (χ1) is 8.79. The number of hydrogen-bond acceptors (Lipinski definition) is 6. The molecular weight excluding hydrogens is 234 g/mol. The Bertz CT molecular complexity index is 458. The van der Waals surface area contributed by atoms with Gasteiger partial charge in [0.05, 0.1) is 18.8 Å². The Hall–Kier alpha value is -1.44. The van der Waals surface area contributed by atoms with E-state index in [-0.39, 0.29) is 25.1 Å². The minimum atomic E-state index is -0.312. The molecule has 18 heavy (non-hydrogen) atoms. The summed E-state index contributed by atoms with van der Waals surface area (Å²) in [6.45, 7) is 0.159. The number of aromatic nitrogens is 2. The Morgan fingerprint density at radius 2 is 2.44 bits per heavy atom. The molecular formula is C11H17N5O2. The predicted octanol–water partition coefficient (Wildman–Crippen LogP) is 0.163. The summed E-state index contributed by atoms with van der Waals surface area (Å²) in [4.78, 5) is 8.56. The molecule has 3 rings (SSSR count). The number of rotatable bonds is 3. The van der Waals surface area contributed by atoms with E-state index in [9.17, 15) is 0 Å². The van der Waals surface area contributed by atoms with Crippen LogP contribution in [0.5, 0.6) is 0 Å². The Morgan fingerprint density at radius 1 is 1.56 bits per heavy atom. The lowest BCUT2D eigenvalue weighted by atomic mass is 10.2. The van der Waals surface area contributed by atoms with Gasteiger partial charge in [0.25, 0.3) is 0 Å². The number of aliphatic hydroxyl groups excluding tert-OH is 1. The van der Waals surface area contributed by atoms with Crippen molar-refractivity contribution in [2.45, 2.75) is 37.8 Å². The Kier molecular flexibility index (Phi) is 3.02. The fourth-order valence-corrected chi connectivity index (χ4v) is 2.44. The van der Waals surface area contributed by atoms with Gasteiger partial charge in [-0.25, -0.2) is 9.98 Å². The molecule has 3 unspecified atom stereocenters. The number of nitrogens with zero attached hydrogens (tertiary/aromatic N) is 3. The van der Waals surface area contributed by atoms with Crippen LogP contribution in [0.2, 0.25) is 0 Å². The molecule has 7 nitrogen and oxygen atoms in total. The predicted molar refractivity (Wildman–Crippen MR) is 65.3 cm³/mol. The minimum Gasteiger partial charge on any atom is -0.396 e. The highest BCUT2D eigenvalue weighted by molar-refractivity contribution is 5.64. The summed E-state index contributed by atoms with van der Waals surface area (Å²) in [6, 6.07) is 0. The second kappa shape index (κ2) is 4.68. The monoisotopic (exact) mass is 251 g/mol. The molecule has 2 aliphatic heterocycles. The minimum absolute atomic E-state index is 0.0553. The number of imidazole rings is 1. The van der Waals surface area contributed by atoms with E-state index in [0.717, 1.165) is 24.4 Å². The van der Waals surface area contributed by atoms with Gasteiger partial charge in [-0.3, -0.25) is 4.57 Å². The van der Waals surface area contributed by atoms with E-state index >= 15 is 0 Å². The SMILES string of the molecule is NC1NC=Nc2c1ncn2C1CCC(CCO)O1. The van der Waals surface area contributed by atoms with Gasteiger partial charge in [0, 0.05) is 6.61 Å². The zero-order valence-electron chi connectivity index (χ0n) is 9.99. The van der Waals surface area contributed by atoms with Gasteiger partial charge in [-0.2, -0.15) is 0 Å². The average molecular weight is 251 g/mol. The van der Waals surface area contributed by atoms with Crippen molar-refractivity contribution in [2.75, 3.05) is 6.61 Å². The third kappa shape index (κ3) is 1.90. The van der Waals surface area contributed by atoms with E-state index in [1.54, 1.807) is 12.7 Å². The van der Waals surface area contributed by atoms with Crippen LogP contribution in [0.1, 0.15) is 37.4 Å². The van der Waals surface area contributed by atoms with E-state index in [2.05, 4.69) is 15.3 Å². The van der Waals surface area contributed by atoms with Gasteiger partial charge in [-0.1, -0.05) is 0 Å². The van der Waals surface area contributed by atoms with Crippen molar-refractivity contribution >= 4 is 12.2 Å². The number of aliphatic imine (C=N–C) groups is 1. The fourth-order valence-electron chi connectivity index (χ4n) is 2.44. The van der Waals surface area contributed by atoms with Crippen LogP contribution in [-0.2, 0) is 4.74 Å². The van der Waals surface area contributed by atoms with Gasteiger partial charge in [0.1, 0.15) is 18.1 Å². The largest absolute Gasteiger partial charge is 0.396 e. The van der Waals surface area contributed by atoms with E-state index in [0.29, 0.717) is 6.42 Å². The Morgan fingerprint density at radius 3 is 3.28 bits per heavy atom. The van der Waals surface area contributed by atoms with Gasteiger partial charge < -0.3 is 20.9 Å². The lowest BCUT2D eigenvalue weighted by Gasteiger charge is -2.19. The van der Waals surface area contributed by atoms with Gasteiger partial charge in [0.15, 0.2) is 5.82 Å². The summed E-state index contributed by atoms with van der Waals surface area (Å²) in [5.74, 6) is 0.760. The summed E-state index contributed by atoms with van der Waals surface area (Å²) in [7, 11) is 0. The maximum Gasteiger partial charge on any atom is 0.162 e. The highest BCUT2D eigenvalue weighted by Crippen LogP contribution is 2.35. The van der Waals surface area contributed by atoms with Crippen molar-refractivity contribution in [1.82, 2.24) is 14.9 Å². The molecule has 98 valence electrons. The van der Waals surface area contributed by atoms with Crippen molar-refractivity contribution in [1.29, 1.82) is 0 Å². The van der Waals surface area contributed by atoms with Crippen LogP contribution in [0.3, 0.4) is 0 Å². The molecule has 0 radical (unpaired) electrons. The molecule has 0 spiro atoms. The quantitative estimate of drug-likeness (QED) is 0.711. The zero-order valence-corrected chi connectivity index (χ0v) is 9.99. The van der Waals surface area contributed by atoms with Crippen LogP contribution in [0.4, 0.5) is 5.82 Å². The molecule has 0 aromatic carbocycles. The molecule has 0 bridgehead atoms. The van der Waals surface area contributed by atoms with Crippen molar-refractivity contribution in [3.63, 3.8) is 0 Å². The maximum absolute atomic E-state index is 8.92. The standard InChI is InChI=1S/C11H17N5O2/c12-10-9-11(14-5-13-10)16(6-15-9)8-2-1-7(18-8)3-4-17/h5-8,10,17H,1-4,12H2,(H,13,14). The number of hydrogen-bond donors (Lipinski definition) is 3. The molecule has 2 aliphatic rings. The van der Waals surface area contributed by atoms with Crippen molar-refractivity contribution in [2.24, 2.45) is 10.7 Å². The molecule has 4 N–H and O–H groups in total. The molecule has 1 aromatic heterocycles. The summed E-state index contributed by atoms with van der Waals surface area (Å²) >= 11 is 0. The molecule has 1 aromatic rings. The normalized spacial score (nSPS) is 30.2. The van der Waals surface area contributed by atoms with Gasteiger partial charge in [-0.15, -0.1) is 0 Å². The first-order valence-electron chi connectivity index (χ1n) is 6.17. The van der Waals surface area contributed by atoms with Crippen LogP contribution in [-0.4, -0.2) is 33.7 Å². The molecule has 0 amide bonds. The van der Waals surface area contributed by atoms with Gasteiger partial charge >= 0.3 is 0 Å². The molecule has 3 atom stereocenters. The van der Waals surface area contributed by atoms with Crippen molar-refractivity contribution in [3.05, 3.63) is 12.0 Å². The molecule has 1 saturated heterocycles. The van der Waals surface area contributed by atoms with Gasteiger partial charge in [0.2, 0.25) is 0 Å². The smallest absolute Gasteiger partial charge is 0.162 e. The van der Waals surface area contributed by atoms with E-state index in [1.165, 1.54) is 0 Å². The van der Waals surface area contributed by atoms with Crippen molar-refractivity contribution in [3.8, 4) is 0 Å². The number of nitrogens with one attached hydrogen (secondary N) is 1. The first kappa shape index (κ1) is 11.6. The van der Waals surface area contributed by atoms with Gasteiger partial charge in [-0.05, 0) is 19.3 Å². The van der Waals surface area contributed by atoms with Crippen LogP contribution < -0.4 is 11.1 Å². The third-order valence-electron chi connectivity index (χ3n) is 3.38. The maximum atomic E-state index is 8.92. The third-order valence-corrected chi connectivity index (χ3v) is 3.38. The van der Waals surface area contributed by atoms with Crippen LogP contribution >= 0.6 is 0 Å². The zero-order chi connectivity index (χ0) is 12.5. The summed E-state index contributed by atoms with van der Waals surface area (Å²) < 4.78 is 7.80. The summed E-state index contributed by atoms with van der Waals surface area (Å²) in [6.07, 6.45) is 5.60. The lowest BCUT2D eigenvalue weighted by Crippen LogP contribution is -2.30. The first-order valence-corrected chi connectivity index (χ1v) is 6.17.